The second-order valence-electron chi connectivity index (χ2n) is 3.30. The van der Waals surface area contributed by atoms with Gasteiger partial charge in [0.15, 0.2) is 0 Å². The number of nitrogens with one attached hydrogen (secondary N) is 1. The van der Waals surface area contributed by atoms with Gasteiger partial charge in [-0.1, -0.05) is 36.3 Å². The molecule has 15 heavy (non-hydrogen) atoms. The Labute approximate surface area is 91.6 Å². The molecule has 1 aromatic rings. The molecule has 2 heteroatoms. The Morgan fingerprint density at radius 2 is 2.13 bits per heavy atom. The number of terminal acetylenes is 1. The van der Waals surface area contributed by atoms with Crippen molar-refractivity contribution in [3.8, 4) is 12.3 Å². The summed E-state index contributed by atoms with van der Waals surface area (Å²) in [5.41, 5.74) is 1.20. The van der Waals surface area contributed by atoms with Gasteiger partial charge in [0.2, 0.25) is 0 Å². The van der Waals surface area contributed by atoms with Crippen LogP contribution in [0.1, 0.15) is 18.6 Å². The van der Waals surface area contributed by atoms with Crippen molar-refractivity contribution in [3.63, 3.8) is 0 Å². The lowest BCUT2D eigenvalue weighted by molar-refractivity contribution is 0.0683. The van der Waals surface area contributed by atoms with E-state index in [0.29, 0.717) is 13.2 Å². The van der Waals surface area contributed by atoms with Crippen LogP contribution in [-0.2, 0) is 4.74 Å². The maximum absolute atomic E-state index is 5.64. The van der Waals surface area contributed by atoms with Crippen LogP contribution in [0.2, 0.25) is 0 Å². The normalized spacial score (nSPS) is 12.0. The third kappa shape index (κ3) is 4.64. The van der Waals surface area contributed by atoms with E-state index in [0.717, 1.165) is 6.54 Å². The number of benzene rings is 1. The highest BCUT2D eigenvalue weighted by Gasteiger charge is 2.03. The molecule has 0 bridgehead atoms. The van der Waals surface area contributed by atoms with Gasteiger partial charge in [-0.25, -0.2) is 0 Å². The van der Waals surface area contributed by atoms with Crippen molar-refractivity contribution >= 4 is 0 Å². The van der Waals surface area contributed by atoms with Crippen molar-refractivity contribution in [2.75, 3.05) is 19.7 Å². The van der Waals surface area contributed by atoms with Gasteiger partial charge in [0, 0.05) is 6.54 Å². The van der Waals surface area contributed by atoms with E-state index in [1.54, 1.807) is 0 Å². The van der Waals surface area contributed by atoms with E-state index < -0.39 is 0 Å². The lowest BCUT2D eigenvalue weighted by Gasteiger charge is -2.13. The summed E-state index contributed by atoms with van der Waals surface area (Å²) in [5.74, 6) is 2.52. The Balaban J connectivity index is 2.20. The van der Waals surface area contributed by atoms with E-state index in [2.05, 4.69) is 30.3 Å². The fraction of sp³-hybridized carbons (Fsp3) is 0.385. The van der Waals surface area contributed by atoms with E-state index >= 15 is 0 Å². The minimum absolute atomic E-state index is 0.138. The van der Waals surface area contributed by atoms with Crippen molar-refractivity contribution < 1.29 is 4.74 Å². The zero-order valence-corrected chi connectivity index (χ0v) is 9.07. The van der Waals surface area contributed by atoms with Crippen LogP contribution in [0.4, 0.5) is 0 Å². The van der Waals surface area contributed by atoms with Gasteiger partial charge in [-0.2, -0.15) is 0 Å². The summed E-state index contributed by atoms with van der Waals surface area (Å²) < 4.78 is 5.64. The second kappa shape index (κ2) is 7.05. The van der Waals surface area contributed by atoms with Gasteiger partial charge in [-0.05, 0) is 12.5 Å². The first-order chi connectivity index (χ1) is 7.34. The average Bonchev–Trinajstić information content (AvgIpc) is 2.30. The highest BCUT2D eigenvalue weighted by molar-refractivity contribution is 5.16. The molecule has 0 spiro atoms. The Hall–Kier alpha value is -1.30. The zero-order valence-electron chi connectivity index (χ0n) is 9.07. The fourth-order valence-electron chi connectivity index (χ4n) is 1.29. The van der Waals surface area contributed by atoms with Crippen LogP contribution in [0, 0.1) is 12.3 Å². The quantitative estimate of drug-likeness (QED) is 0.564. The first-order valence-electron chi connectivity index (χ1n) is 5.15. The largest absolute Gasteiger partial charge is 0.373 e. The second-order valence-corrected chi connectivity index (χ2v) is 3.30. The molecule has 2 nitrogen and oxygen atoms in total. The van der Waals surface area contributed by atoms with E-state index in [1.165, 1.54) is 5.56 Å². The lowest BCUT2D eigenvalue weighted by Crippen LogP contribution is -2.20. The molecule has 0 saturated carbocycles. The molecule has 0 heterocycles. The maximum Gasteiger partial charge on any atom is 0.0797 e. The summed E-state index contributed by atoms with van der Waals surface area (Å²) in [6.45, 7) is 4.12. The third-order valence-electron chi connectivity index (χ3n) is 2.14. The van der Waals surface area contributed by atoms with Crippen LogP contribution in [-0.4, -0.2) is 19.7 Å². The van der Waals surface area contributed by atoms with Crippen LogP contribution >= 0.6 is 0 Å². The monoisotopic (exact) mass is 203 g/mol. The number of hydrogen-bond donors (Lipinski definition) is 1. The fourth-order valence-corrected chi connectivity index (χ4v) is 1.29. The minimum atomic E-state index is 0.138. The van der Waals surface area contributed by atoms with E-state index in [1.807, 2.05) is 18.2 Å². The van der Waals surface area contributed by atoms with Gasteiger partial charge in [0.1, 0.15) is 0 Å². The predicted octanol–water partition coefficient (Wildman–Crippen LogP) is 1.99. The summed E-state index contributed by atoms with van der Waals surface area (Å²) in [4.78, 5) is 0. The minimum Gasteiger partial charge on any atom is -0.373 e. The summed E-state index contributed by atoms with van der Waals surface area (Å²) in [6.07, 6.45) is 5.25. The number of ether oxygens (including phenoxy) is 1. The molecule has 80 valence electrons. The van der Waals surface area contributed by atoms with E-state index in [-0.39, 0.29) is 6.10 Å². The average molecular weight is 203 g/mol. The van der Waals surface area contributed by atoms with E-state index in [4.69, 9.17) is 11.2 Å². The van der Waals surface area contributed by atoms with Crippen LogP contribution in [0.25, 0.3) is 0 Å². The van der Waals surface area contributed by atoms with Crippen LogP contribution in [0.3, 0.4) is 0 Å². The summed E-state index contributed by atoms with van der Waals surface area (Å²) in [6, 6.07) is 10.2. The number of rotatable bonds is 6. The molecule has 0 aliphatic carbocycles. The van der Waals surface area contributed by atoms with E-state index in [9.17, 15) is 0 Å². The molecule has 1 unspecified atom stereocenters. The van der Waals surface area contributed by atoms with Crippen LogP contribution < -0.4 is 5.32 Å². The molecule has 0 aliphatic rings. The predicted molar refractivity (Wildman–Crippen MR) is 62.5 cm³/mol. The molecular weight excluding hydrogens is 186 g/mol. The third-order valence-corrected chi connectivity index (χ3v) is 2.14. The van der Waals surface area contributed by atoms with Crippen molar-refractivity contribution in [1.29, 1.82) is 0 Å². The van der Waals surface area contributed by atoms with Crippen molar-refractivity contribution in [2.45, 2.75) is 13.0 Å². The smallest absolute Gasteiger partial charge is 0.0797 e. The van der Waals surface area contributed by atoms with Crippen LogP contribution in [0.15, 0.2) is 30.3 Å². The Morgan fingerprint density at radius 3 is 2.80 bits per heavy atom. The topological polar surface area (TPSA) is 21.3 Å². The lowest BCUT2D eigenvalue weighted by atomic mass is 10.1. The number of hydrogen-bond acceptors (Lipinski definition) is 2. The van der Waals surface area contributed by atoms with Crippen molar-refractivity contribution in [2.24, 2.45) is 0 Å². The SMILES string of the molecule is C#CCNCCOC(C)c1ccccc1. The van der Waals surface area contributed by atoms with Gasteiger partial charge < -0.3 is 10.1 Å². The van der Waals surface area contributed by atoms with Gasteiger partial charge in [-0.15, -0.1) is 6.42 Å². The molecule has 0 amide bonds. The summed E-state index contributed by atoms with van der Waals surface area (Å²) >= 11 is 0. The summed E-state index contributed by atoms with van der Waals surface area (Å²) in [7, 11) is 0. The maximum atomic E-state index is 5.64. The van der Waals surface area contributed by atoms with Gasteiger partial charge in [-0.3, -0.25) is 0 Å². The molecular formula is C13H17NO. The molecule has 0 saturated heterocycles. The molecule has 0 aromatic heterocycles. The molecule has 0 aliphatic heterocycles. The molecule has 1 rings (SSSR count). The van der Waals surface area contributed by atoms with Gasteiger partial charge in [0.05, 0.1) is 19.3 Å². The Morgan fingerprint density at radius 1 is 1.40 bits per heavy atom. The molecule has 1 aromatic carbocycles. The highest BCUT2D eigenvalue weighted by atomic mass is 16.5. The van der Waals surface area contributed by atoms with Gasteiger partial charge in [0.25, 0.3) is 0 Å². The van der Waals surface area contributed by atoms with Gasteiger partial charge >= 0.3 is 0 Å². The highest BCUT2D eigenvalue weighted by Crippen LogP contribution is 2.14. The van der Waals surface area contributed by atoms with Crippen LogP contribution in [0.5, 0.6) is 0 Å². The molecule has 0 radical (unpaired) electrons. The zero-order chi connectivity index (χ0) is 10.9. The van der Waals surface area contributed by atoms with Crippen molar-refractivity contribution in [1.82, 2.24) is 5.32 Å². The summed E-state index contributed by atoms with van der Waals surface area (Å²) in [5, 5.41) is 3.08. The first-order valence-corrected chi connectivity index (χ1v) is 5.15. The Kier molecular flexibility index (Phi) is 5.54. The Bertz CT molecular complexity index is 302. The molecule has 0 fully saturated rings. The first kappa shape index (κ1) is 11.8. The standard InChI is InChI=1S/C13H17NO/c1-3-9-14-10-11-15-12(2)13-7-5-4-6-8-13/h1,4-8,12,14H,9-11H2,2H3. The molecule has 1 atom stereocenters. The molecule has 1 N–H and O–H groups in total. The van der Waals surface area contributed by atoms with Crippen molar-refractivity contribution in [3.05, 3.63) is 35.9 Å².